The number of amides is 2. The van der Waals surface area contributed by atoms with Gasteiger partial charge in [-0.05, 0) is 38.0 Å². The molecule has 0 aromatic heterocycles. The molecule has 1 unspecified atom stereocenters. The lowest BCUT2D eigenvalue weighted by Gasteiger charge is -2.32. The number of likely N-dealkylation sites (N-methyl/N-ethyl adjacent to an activating group) is 1. The van der Waals surface area contributed by atoms with Crippen molar-refractivity contribution in [2.75, 3.05) is 45.2 Å². The molecule has 1 atom stereocenters. The molecule has 1 aromatic carbocycles. The number of anilines is 1. The van der Waals surface area contributed by atoms with E-state index in [1.165, 1.54) is 29.0 Å². The number of carbonyl (C=O) groups excluding carboxylic acids is 3. The Hall–Kier alpha value is -2.78. The van der Waals surface area contributed by atoms with Crippen molar-refractivity contribution >= 4 is 23.5 Å². The molecule has 0 bridgehead atoms. The van der Waals surface area contributed by atoms with Crippen molar-refractivity contribution in [2.24, 2.45) is 5.92 Å². The molecule has 0 radical (unpaired) electrons. The third-order valence-electron chi connectivity index (χ3n) is 4.83. The van der Waals surface area contributed by atoms with Crippen molar-refractivity contribution in [3.05, 3.63) is 29.8 Å². The van der Waals surface area contributed by atoms with Crippen LogP contribution in [-0.2, 0) is 25.3 Å². The van der Waals surface area contributed by atoms with Gasteiger partial charge >= 0.3 is 12.1 Å². The molecule has 1 heterocycles. The number of ether oxygens (including phenoxy) is 1. The molecule has 166 valence electrons. The van der Waals surface area contributed by atoms with Crippen LogP contribution >= 0.6 is 0 Å². The predicted octanol–water partition coefficient (Wildman–Crippen LogP) is 2.38. The van der Waals surface area contributed by atoms with Crippen LogP contribution in [0.5, 0.6) is 0 Å². The van der Waals surface area contributed by atoms with Crippen LogP contribution in [0.2, 0.25) is 0 Å². The van der Waals surface area contributed by atoms with Crippen LogP contribution in [0.3, 0.4) is 0 Å². The number of halogens is 3. The molecule has 2 rings (SSSR count). The Kier molecular flexibility index (Phi) is 8.08. The van der Waals surface area contributed by atoms with Crippen molar-refractivity contribution in [3.63, 3.8) is 0 Å². The fourth-order valence-corrected chi connectivity index (χ4v) is 3.17. The molecule has 30 heavy (non-hydrogen) atoms. The normalized spacial score (nSPS) is 16.7. The summed E-state index contributed by atoms with van der Waals surface area (Å²) in [6.45, 7) is 2.31. The van der Waals surface area contributed by atoms with Crippen LogP contribution in [0.15, 0.2) is 24.3 Å². The Bertz CT molecular complexity index is 770. The first-order chi connectivity index (χ1) is 14.1. The number of hydrogen-bond donors (Lipinski definition) is 1. The lowest BCUT2D eigenvalue weighted by atomic mass is 9.98. The number of carbonyl (C=O) groups is 3. The summed E-state index contributed by atoms with van der Waals surface area (Å²) in [5.41, 5.74) is -0.657. The minimum Gasteiger partial charge on any atom is -0.466 e. The van der Waals surface area contributed by atoms with Gasteiger partial charge in [0.25, 0.3) is 0 Å². The fourth-order valence-electron chi connectivity index (χ4n) is 3.17. The van der Waals surface area contributed by atoms with Crippen molar-refractivity contribution in [1.82, 2.24) is 9.80 Å². The largest absolute Gasteiger partial charge is 0.466 e. The highest BCUT2D eigenvalue weighted by Crippen LogP contribution is 2.30. The van der Waals surface area contributed by atoms with Gasteiger partial charge in [0.15, 0.2) is 0 Å². The Labute approximate surface area is 173 Å². The van der Waals surface area contributed by atoms with Gasteiger partial charge in [-0.15, -0.1) is 0 Å². The zero-order valence-corrected chi connectivity index (χ0v) is 17.0. The number of piperidine rings is 1. The van der Waals surface area contributed by atoms with Crippen molar-refractivity contribution in [2.45, 2.75) is 25.9 Å². The monoisotopic (exact) mass is 429 g/mol. The molecule has 1 aromatic rings. The average Bonchev–Trinajstić information content (AvgIpc) is 2.71. The topological polar surface area (TPSA) is 79.0 Å². The Morgan fingerprint density at radius 2 is 2.03 bits per heavy atom. The SMILES string of the molecule is CCOC(=O)C1CCCN(C(=O)CN(C)C(=O)CNc2cccc(C(F)(F)F)c2)C1. The van der Waals surface area contributed by atoms with E-state index in [4.69, 9.17) is 4.74 Å². The lowest BCUT2D eigenvalue weighted by Crippen LogP contribution is -2.47. The Morgan fingerprint density at radius 1 is 1.30 bits per heavy atom. The smallest absolute Gasteiger partial charge is 0.416 e. The molecule has 7 nitrogen and oxygen atoms in total. The van der Waals surface area contributed by atoms with Crippen molar-refractivity contribution < 1.29 is 32.3 Å². The third-order valence-corrected chi connectivity index (χ3v) is 4.83. The maximum absolute atomic E-state index is 12.8. The fraction of sp³-hybridized carbons (Fsp3) is 0.550. The van der Waals surface area contributed by atoms with E-state index in [1.54, 1.807) is 6.92 Å². The molecule has 1 N–H and O–H groups in total. The molecule has 0 saturated carbocycles. The van der Waals surface area contributed by atoms with Crippen molar-refractivity contribution in [3.8, 4) is 0 Å². The van der Waals surface area contributed by atoms with E-state index in [1.807, 2.05) is 0 Å². The number of benzene rings is 1. The third kappa shape index (κ3) is 6.64. The molecule has 1 aliphatic rings. The van der Waals surface area contributed by atoms with E-state index in [-0.39, 0.29) is 49.7 Å². The van der Waals surface area contributed by atoms with Crippen LogP contribution in [-0.4, -0.2) is 67.4 Å². The van der Waals surface area contributed by atoms with E-state index in [2.05, 4.69) is 5.32 Å². The minimum atomic E-state index is -4.47. The van der Waals surface area contributed by atoms with Gasteiger partial charge in [0.2, 0.25) is 11.8 Å². The molecule has 10 heteroatoms. The van der Waals surface area contributed by atoms with Crippen LogP contribution < -0.4 is 5.32 Å². The quantitative estimate of drug-likeness (QED) is 0.674. The number of likely N-dealkylation sites (tertiary alicyclic amines) is 1. The molecular weight excluding hydrogens is 403 g/mol. The summed E-state index contributed by atoms with van der Waals surface area (Å²) >= 11 is 0. The zero-order chi connectivity index (χ0) is 22.3. The second kappa shape index (κ2) is 10.3. The highest BCUT2D eigenvalue weighted by molar-refractivity contribution is 5.87. The lowest BCUT2D eigenvalue weighted by molar-refractivity contribution is -0.152. The predicted molar refractivity (Wildman–Crippen MR) is 104 cm³/mol. The van der Waals surface area contributed by atoms with Gasteiger partial charge in [-0.25, -0.2) is 0 Å². The number of rotatable bonds is 7. The van der Waals surface area contributed by atoms with Crippen LogP contribution in [0.1, 0.15) is 25.3 Å². The second-order valence-electron chi connectivity index (χ2n) is 7.11. The average molecular weight is 429 g/mol. The van der Waals surface area contributed by atoms with Crippen LogP contribution in [0, 0.1) is 5.92 Å². The van der Waals surface area contributed by atoms with Gasteiger partial charge in [0, 0.05) is 25.8 Å². The highest BCUT2D eigenvalue weighted by atomic mass is 19.4. The summed E-state index contributed by atoms with van der Waals surface area (Å²) in [6.07, 6.45) is -3.15. The maximum Gasteiger partial charge on any atom is 0.416 e. The molecule has 1 fully saturated rings. The summed E-state index contributed by atoms with van der Waals surface area (Å²) in [6, 6.07) is 4.54. The van der Waals surface area contributed by atoms with Crippen molar-refractivity contribution in [1.29, 1.82) is 0 Å². The molecule has 1 saturated heterocycles. The number of nitrogens with zero attached hydrogens (tertiary/aromatic N) is 2. The first kappa shape index (κ1) is 23.5. The summed E-state index contributed by atoms with van der Waals surface area (Å²) < 4.78 is 43.3. The number of alkyl halides is 3. The van der Waals surface area contributed by atoms with Gasteiger partial charge in [-0.1, -0.05) is 6.07 Å². The maximum atomic E-state index is 12.8. The van der Waals surface area contributed by atoms with Gasteiger partial charge in [0.1, 0.15) is 0 Å². The molecule has 2 amide bonds. The standard InChI is InChI=1S/C20H26F3N3O4/c1-3-30-19(29)14-6-5-9-26(12-14)18(28)13-25(2)17(27)11-24-16-8-4-7-15(10-16)20(21,22)23/h4,7-8,10,14,24H,3,5-6,9,11-13H2,1-2H3. The van der Waals surface area contributed by atoms with Gasteiger partial charge in [-0.2, -0.15) is 13.2 Å². The van der Waals surface area contributed by atoms with E-state index in [9.17, 15) is 27.6 Å². The summed E-state index contributed by atoms with van der Waals surface area (Å²) in [4.78, 5) is 39.4. The molecule has 1 aliphatic heterocycles. The minimum absolute atomic E-state index is 0.159. The van der Waals surface area contributed by atoms with E-state index < -0.39 is 17.6 Å². The molecular formula is C20H26F3N3O4. The number of hydrogen-bond acceptors (Lipinski definition) is 5. The Morgan fingerprint density at radius 3 is 2.70 bits per heavy atom. The van der Waals surface area contributed by atoms with Gasteiger partial charge < -0.3 is 19.9 Å². The molecule has 0 aliphatic carbocycles. The highest BCUT2D eigenvalue weighted by Gasteiger charge is 2.31. The van der Waals surface area contributed by atoms with Gasteiger partial charge in [0.05, 0.1) is 31.2 Å². The van der Waals surface area contributed by atoms with E-state index in [0.29, 0.717) is 19.4 Å². The zero-order valence-electron chi connectivity index (χ0n) is 17.0. The first-order valence-corrected chi connectivity index (χ1v) is 9.71. The summed E-state index contributed by atoms with van der Waals surface area (Å²) in [5, 5.41) is 2.65. The summed E-state index contributed by atoms with van der Waals surface area (Å²) in [5.74, 6) is -1.44. The van der Waals surface area contributed by atoms with Gasteiger partial charge in [-0.3, -0.25) is 14.4 Å². The van der Waals surface area contributed by atoms with Crippen LogP contribution in [0.25, 0.3) is 0 Å². The number of esters is 1. The summed E-state index contributed by atoms with van der Waals surface area (Å²) in [7, 11) is 1.45. The van der Waals surface area contributed by atoms with Crippen LogP contribution in [0.4, 0.5) is 18.9 Å². The number of nitrogens with one attached hydrogen (secondary N) is 1. The molecule has 0 spiro atoms. The second-order valence-corrected chi connectivity index (χ2v) is 7.11. The van der Waals surface area contributed by atoms with E-state index >= 15 is 0 Å². The van der Waals surface area contributed by atoms with E-state index in [0.717, 1.165) is 12.1 Å². The Balaban J connectivity index is 1.85. The first-order valence-electron chi connectivity index (χ1n) is 9.71.